The molecular weight excluding hydrogens is 222 g/mol. The van der Waals surface area contributed by atoms with Gasteiger partial charge in [0.05, 0.1) is 12.3 Å². The number of fused-ring (bicyclic) bond motifs is 1. The summed E-state index contributed by atoms with van der Waals surface area (Å²) in [5, 5.41) is 3.44. The first-order chi connectivity index (χ1) is 8.83. The Hall–Kier alpha value is -1.18. The minimum Gasteiger partial charge on any atom is -0.491 e. The normalized spacial score (nSPS) is 26.5. The van der Waals surface area contributed by atoms with Gasteiger partial charge in [0.15, 0.2) is 0 Å². The fourth-order valence-electron chi connectivity index (χ4n) is 3.13. The van der Waals surface area contributed by atoms with Gasteiger partial charge in [-0.15, -0.1) is 0 Å². The first kappa shape index (κ1) is 11.9. The standard InChI is InChI=1S/C16H23NO/c1-12-5-7-13(8-6-12)11-18-15-4-2-3-14-9-10-17-16(14)15/h2-4,12-13,17H,5-11H2,1H3. The van der Waals surface area contributed by atoms with E-state index < -0.39 is 0 Å². The average Bonchev–Trinajstić information content (AvgIpc) is 2.87. The van der Waals surface area contributed by atoms with E-state index in [9.17, 15) is 0 Å². The lowest BCUT2D eigenvalue weighted by Gasteiger charge is -2.26. The van der Waals surface area contributed by atoms with Crippen LogP contribution in [0.4, 0.5) is 5.69 Å². The number of para-hydroxylation sites is 1. The minimum absolute atomic E-state index is 0.762. The Kier molecular flexibility index (Phi) is 3.44. The van der Waals surface area contributed by atoms with Crippen molar-refractivity contribution in [1.82, 2.24) is 0 Å². The number of hydrogen-bond donors (Lipinski definition) is 1. The monoisotopic (exact) mass is 245 g/mol. The Bertz CT molecular complexity index is 408. The van der Waals surface area contributed by atoms with Crippen LogP contribution in [0.1, 0.15) is 38.2 Å². The SMILES string of the molecule is CC1CCC(COc2cccc3c2NCC3)CC1. The zero-order valence-electron chi connectivity index (χ0n) is 11.2. The Morgan fingerprint density at radius 3 is 2.89 bits per heavy atom. The fourth-order valence-corrected chi connectivity index (χ4v) is 3.13. The maximum absolute atomic E-state index is 6.06. The van der Waals surface area contributed by atoms with E-state index in [2.05, 4.69) is 30.4 Å². The van der Waals surface area contributed by atoms with Crippen molar-refractivity contribution in [2.75, 3.05) is 18.5 Å². The number of benzene rings is 1. The van der Waals surface area contributed by atoms with E-state index >= 15 is 0 Å². The van der Waals surface area contributed by atoms with Crippen molar-refractivity contribution in [1.29, 1.82) is 0 Å². The van der Waals surface area contributed by atoms with E-state index in [0.717, 1.165) is 37.2 Å². The van der Waals surface area contributed by atoms with E-state index in [1.807, 2.05) is 0 Å². The molecule has 0 radical (unpaired) electrons. The molecule has 3 rings (SSSR count). The molecule has 1 heterocycles. The largest absolute Gasteiger partial charge is 0.491 e. The van der Waals surface area contributed by atoms with Crippen LogP contribution >= 0.6 is 0 Å². The highest BCUT2D eigenvalue weighted by molar-refractivity contribution is 5.65. The van der Waals surface area contributed by atoms with E-state index in [0.29, 0.717) is 0 Å². The molecule has 2 heteroatoms. The molecule has 0 unspecified atom stereocenters. The smallest absolute Gasteiger partial charge is 0.142 e. The van der Waals surface area contributed by atoms with Gasteiger partial charge >= 0.3 is 0 Å². The summed E-state index contributed by atoms with van der Waals surface area (Å²) in [7, 11) is 0. The van der Waals surface area contributed by atoms with Gasteiger partial charge < -0.3 is 10.1 Å². The van der Waals surface area contributed by atoms with Crippen molar-refractivity contribution in [3.63, 3.8) is 0 Å². The molecule has 98 valence electrons. The highest BCUT2D eigenvalue weighted by atomic mass is 16.5. The van der Waals surface area contributed by atoms with Crippen molar-refractivity contribution >= 4 is 5.69 Å². The molecule has 0 amide bonds. The Labute approximate surface area is 110 Å². The van der Waals surface area contributed by atoms with Crippen LogP contribution in [-0.4, -0.2) is 13.2 Å². The highest BCUT2D eigenvalue weighted by Crippen LogP contribution is 2.34. The molecule has 0 atom stereocenters. The van der Waals surface area contributed by atoms with Crippen molar-refractivity contribution in [3.05, 3.63) is 23.8 Å². The highest BCUT2D eigenvalue weighted by Gasteiger charge is 2.20. The predicted octanol–water partition coefficient (Wildman–Crippen LogP) is 3.86. The summed E-state index contributed by atoms with van der Waals surface area (Å²) >= 11 is 0. The second kappa shape index (κ2) is 5.21. The molecule has 0 bridgehead atoms. The maximum Gasteiger partial charge on any atom is 0.142 e. The number of ether oxygens (including phenoxy) is 1. The molecule has 2 nitrogen and oxygen atoms in total. The predicted molar refractivity (Wildman–Crippen MR) is 75.3 cm³/mol. The number of nitrogens with one attached hydrogen (secondary N) is 1. The fraction of sp³-hybridized carbons (Fsp3) is 0.625. The molecule has 1 saturated carbocycles. The van der Waals surface area contributed by atoms with Gasteiger partial charge in [-0.2, -0.15) is 0 Å². The summed E-state index contributed by atoms with van der Waals surface area (Å²) in [5.74, 6) is 2.74. The minimum atomic E-state index is 0.762. The number of rotatable bonds is 3. The molecule has 18 heavy (non-hydrogen) atoms. The van der Waals surface area contributed by atoms with E-state index in [4.69, 9.17) is 4.74 Å². The van der Waals surface area contributed by atoms with E-state index in [-0.39, 0.29) is 0 Å². The third-order valence-electron chi connectivity index (χ3n) is 4.42. The van der Waals surface area contributed by atoms with Crippen LogP contribution in [0, 0.1) is 11.8 Å². The van der Waals surface area contributed by atoms with Gasteiger partial charge in [0.2, 0.25) is 0 Å². The van der Waals surface area contributed by atoms with Gasteiger partial charge in [0.1, 0.15) is 5.75 Å². The molecule has 0 aromatic heterocycles. The lowest BCUT2D eigenvalue weighted by Crippen LogP contribution is -2.19. The zero-order valence-corrected chi connectivity index (χ0v) is 11.2. The molecule has 0 spiro atoms. The van der Waals surface area contributed by atoms with Crippen LogP contribution < -0.4 is 10.1 Å². The van der Waals surface area contributed by atoms with Crippen LogP contribution in [0.2, 0.25) is 0 Å². The van der Waals surface area contributed by atoms with Crippen molar-refractivity contribution in [2.45, 2.75) is 39.0 Å². The second-order valence-electron chi connectivity index (χ2n) is 5.90. The summed E-state index contributed by atoms with van der Waals surface area (Å²) in [6, 6.07) is 6.41. The third kappa shape index (κ3) is 2.47. The molecule has 0 saturated heterocycles. The summed E-state index contributed by atoms with van der Waals surface area (Å²) in [5.41, 5.74) is 2.64. The Morgan fingerprint density at radius 2 is 2.06 bits per heavy atom. The summed E-state index contributed by atoms with van der Waals surface area (Å²) in [6.45, 7) is 4.31. The van der Waals surface area contributed by atoms with Crippen molar-refractivity contribution < 1.29 is 4.74 Å². The van der Waals surface area contributed by atoms with Crippen molar-refractivity contribution in [2.24, 2.45) is 11.8 Å². The molecular formula is C16H23NO. The van der Waals surface area contributed by atoms with Gasteiger partial charge in [-0.05, 0) is 42.7 Å². The lowest BCUT2D eigenvalue weighted by molar-refractivity contribution is 0.188. The van der Waals surface area contributed by atoms with Gasteiger partial charge in [0.25, 0.3) is 0 Å². The molecule has 1 aromatic rings. The molecule has 1 aliphatic heterocycles. The molecule has 1 aromatic carbocycles. The van der Waals surface area contributed by atoms with Crippen LogP contribution in [0.25, 0.3) is 0 Å². The maximum atomic E-state index is 6.06. The van der Waals surface area contributed by atoms with Crippen LogP contribution in [0.5, 0.6) is 5.75 Å². The topological polar surface area (TPSA) is 21.3 Å². The Morgan fingerprint density at radius 1 is 1.22 bits per heavy atom. The van der Waals surface area contributed by atoms with Gasteiger partial charge in [-0.1, -0.05) is 31.9 Å². The summed E-state index contributed by atoms with van der Waals surface area (Å²) in [4.78, 5) is 0. The third-order valence-corrected chi connectivity index (χ3v) is 4.42. The molecule has 1 fully saturated rings. The van der Waals surface area contributed by atoms with Gasteiger partial charge in [-0.3, -0.25) is 0 Å². The lowest BCUT2D eigenvalue weighted by atomic mass is 9.83. The first-order valence-electron chi connectivity index (χ1n) is 7.31. The molecule has 1 aliphatic carbocycles. The number of anilines is 1. The quantitative estimate of drug-likeness (QED) is 0.873. The second-order valence-corrected chi connectivity index (χ2v) is 5.90. The van der Waals surface area contributed by atoms with E-state index in [1.165, 1.54) is 36.9 Å². The average molecular weight is 245 g/mol. The van der Waals surface area contributed by atoms with Crippen LogP contribution in [-0.2, 0) is 6.42 Å². The summed E-state index contributed by atoms with van der Waals surface area (Å²) < 4.78 is 6.06. The van der Waals surface area contributed by atoms with Gasteiger partial charge in [-0.25, -0.2) is 0 Å². The summed E-state index contributed by atoms with van der Waals surface area (Å²) in [6.07, 6.45) is 6.55. The van der Waals surface area contributed by atoms with Crippen LogP contribution in [0.15, 0.2) is 18.2 Å². The Balaban J connectivity index is 1.59. The zero-order chi connectivity index (χ0) is 12.4. The molecule has 2 aliphatic rings. The molecule has 1 N–H and O–H groups in total. The van der Waals surface area contributed by atoms with Crippen molar-refractivity contribution in [3.8, 4) is 5.75 Å². The van der Waals surface area contributed by atoms with Crippen LogP contribution in [0.3, 0.4) is 0 Å². The first-order valence-corrected chi connectivity index (χ1v) is 7.31. The van der Waals surface area contributed by atoms with E-state index in [1.54, 1.807) is 0 Å². The number of hydrogen-bond acceptors (Lipinski definition) is 2. The van der Waals surface area contributed by atoms with Gasteiger partial charge in [0, 0.05) is 6.54 Å².